The Morgan fingerprint density at radius 2 is 1.95 bits per heavy atom. The van der Waals surface area contributed by atoms with Crippen LogP contribution in [0, 0.1) is 0 Å². The summed E-state index contributed by atoms with van der Waals surface area (Å²) in [5.41, 5.74) is 0.363. The molecule has 0 atom stereocenters. The molecule has 1 aliphatic rings. The molecule has 1 aromatic carbocycles. The number of phenolic OH excluding ortho intramolecular Hbond substituents is 1. The van der Waals surface area contributed by atoms with E-state index in [9.17, 15) is 14.7 Å². The summed E-state index contributed by atoms with van der Waals surface area (Å²) in [7, 11) is 1.22. The van der Waals surface area contributed by atoms with Crippen LogP contribution in [-0.4, -0.2) is 30.4 Å². The van der Waals surface area contributed by atoms with Crippen LogP contribution in [0.2, 0.25) is 0 Å². The lowest BCUT2D eigenvalue weighted by atomic mass is 9.98. The SMILES string of the molecule is COC(=O)c1cc(NC(=O)OC2CCCCC2)ccc1O. The van der Waals surface area contributed by atoms with Crippen molar-refractivity contribution in [3.63, 3.8) is 0 Å². The van der Waals surface area contributed by atoms with E-state index in [1.807, 2.05) is 0 Å². The number of nitrogens with one attached hydrogen (secondary N) is 1. The Kier molecular flexibility index (Phi) is 5.03. The third-order valence-corrected chi connectivity index (χ3v) is 3.47. The van der Waals surface area contributed by atoms with Crippen LogP contribution in [0.25, 0.3) is 0 Å². The first-order chi connectivity index (χ1) is 10.1. The number of benzene rings is 1. The highest BCUT2D eigenvalue weighted by Gasteiger charge is 2.18. The Balaban J connectivity index is 1.98. The Morgan fingerprint density at radius 1 is 1.24 bits per heavy atom. The Hall–Kier alpha value is -2.24. The molecular formula is C15H19NO5. The van der Waals surface area contributed by atoms with Crippen molar-refractivity contribution in [2.75, 3.05) is 12.4 Å². The zero-order valence-corrected chi connectivity index (χ0v) is 11.9. The number of phenols is 1. The van der Waals surface area contributed by atoms with Gasteiger partial charge < -0.3 is 14.6 Å². The molecule has 0 aliphatic heterocycles. The van der Waals surface area contributed by atoms with E-state index in [4.69, 9.17) is 4.74 Å². The number of esters is 1. The second-order valence-corrected chi connectivity index (χ2v) is 5.01. The third kappa shape index (κ3) is 4.11. The standard InChI is InChI=1S/C15H19NO5/c1-20-14(18)12-9-10(7-8-13(12)17)16-15(19)21-11-5-3-2-4-6-11/h7-9,11,17H,2-6H2,1H3,(H,16,19). The van der Waals surface area contributed by atoms with Crippen molar-refractivity contribution >= 4 is 17.7 Å². The van der Waals surface area contributed by atoms with E-state index in [2.05, 4.69) is 10.1 Å². The van der Waals surface area contributed by atoms with Crippen molar-refractivity contribution in [2.24, 2.45) is 0 Å². The summed E-state index contributed by atoms with van der Waals surface area (Å²) in [6.07, 6.45) is 4.50. The number of aromatic hydroxyl groups is 1. The maximum atomic E-state index is 11.8. The van der Waals surface area contributed by atoms with E-state index in [0.29, 0.717) is 5.69 Å². The molecular weight excluding hydrogens is 274 g/mol. The van der Waals surface area contributed by atoms with Crippen molar-refractivity contribution in [2.45, 2.75) is 38.2 Å². The van der Waals surface area contributed by atoms with Crippen LogP contribution in [0.5, 0.6) is 5.75 Å². The van der Waals surface area contributed by atoms with Crippen molar-refractivity contribution in [3.8, 4) is 5.75 Å². The molecule has 0 heterocycles. The van der Waals surface area contributed by atoms with Crippen LogP contribution in [0.1, 0.15) is 42.5 Å². The molecule has 0 unspecified atom stereocenters. The maximum Gasteiger partial charge on any atom is 0.411 e. The number of anilines is 1. The Bertz CT molecular complexity index is 523. The lowest BCUT2D eigenvalue weighted by molar-refractivity contribution is 0.0597. The van der Waals surface area contributed by atoms with Crippen molar-refractivity contribution < 1.29 is 24.2 Å². The monoisotopic (exact) mass is 293 g/mol. The first kappa shape index (κ1) is 15.2. The molecule has 1 aromatic rings. The normalized spacial score (nSPS) is 15.3. The maximum absolute atomic E-state index is 11.8. The van der Waals surface area contributed by atoms with E-state index >= 15 is 0 Å². The fourth-order valence-corrected chi connectivity index (χ4v) is 2.37. The molecule has 0 radical (unpaired) electrons. The van der Waals surface area contributed by atoms with Gasteiger partial charge in [0, 0.05) is 5.69 Å². The minimum Gasteiger partial charge on any atom is -0.507 e. The largest absolute Gasteiger partial charge is 0.507 e. The van der Waals surface area contributed by atoms with Gasteiger partial charge in [-0.25, -0.2) is 9.59 Å². The number of ether oxygens (including phenoxy) is 2. The first-order valence-corrected chi connectivity index (χ1v) is 6.99. The molecule has 1 saturated carbocycles. The van der Waals surface area contributed by atoms with Crippen molar-refractivity contribution in [1.29, 1.82) is 0 Å². The van der Waals surface area contributed by atoms with E-state index in [-0.39, 0.29) is 17.4 Å². The van der Waals surface area contributed by atoms with Crippen LogP contribution >= 0.6 is 0 Å². The molecule has 6 nitrogen and oxygen atoms in total. The molecule has 0 saturated heterocycles. The Labute approximate surface area is 123 Å². The molecule has 6 heteroatoms. The Morgan fingerprint density at radius 3 is 2.62 bits per heavy atom. The summed E-state index contributed by atoms with van der Waals surface area (Å²) in [6, 6.07) is 4.16. The molecule has 2 N–H and O–H groups in total. The fraction of sp³-hybridized carbons (Fsp3) is 0.467. The quantitative estimate of drug-likeness (QED) is 0.661. The van der Waals surface area contributed by atoms with Gasteiger partial charge in [-0.05, 0) is 43.9 Å². The predicted molar refractivity (Wildman–Crippen MR) is 76.4 cm³/mol. The van der Waals surface area contributed by atoms with Gasteiger partial charge in [-0.3, -0.25) is 5.32 Å². The zero-order chi connectivity index (χ0) is 15.2. The average Bonchev–Trinajstić information content (AvgIpc) is 2.49. The summed E-state index contributed by atoms with van der Waals surface area (Å²) in [4.78, 5) is 23.3. The number of methoxy groups -OCH3 is 1. The van der Waals surface area contributed by atoms with Gasteiger partial charge in [-0.1, -0.05) is 6.42 Å². The van der Waals surface area contributed by atoms with E-state index in [1.54, 1.807) is 0 Å². The average molecular weight is 293 g/mol. The van der Waals surface area contributed by atoms with Gasteiger partial charge >= 0.3 is 12.1 Å². The molecule has 1 amide bonds. The van der Waals surface area contributed by atoms with Gasteiger partial charge in [0.2, 0.25) is 0 Å². The van der Waals surface area contributed by atoms with Crippen LogP contribution in [0.15, 0.2) is 18.2 Å². The number of hydrogen-bond acceptors (Lipinski definition) is 5. The molecule has 0 spiro atoms. The number of amides is 1. The highest BCUT2D eigenvalue weighted by Crippen LogP contribution is 2.24. The predicted octanol–water partition coefficient (Wildman–Crippen LogP) is 3.06. The number of rotatable bonds is 3. The zero-order valence-electron chi connectivity index (χ0n) is 11.9. The van der Waals surface area contributed by atoms with Gasteiger partial charge in [-0.2, -0.15) is 0 Å². The topological polar surface area (TPSA) is 84.9 Å². The summed E-state index contributed by atoms with van der Waals surface area (Å²) < 4.78 is 9.88. The molecule has 21 heavy (non-hydrogen) atoms. The summed E-state index contributed by atoms with van der Waals surface area (Å²) in [5, 5.41) is 12.1. The molecule has 1 aliphatic carbocycles. The lowest BCUT2D eigenvalue weighted by Gasteiger charge is -2.21. The molecule has 1 fully saturated rings. The minimum atomic E-state index is -0.670. The van der Waals surface area contributed by atoms with E-state index in [0.717, 1.165) is 25.7 Å². The first-order valence-electron chi connectivity index (χ1n) is 6.99. The lowest BCUT2D eigenvalue weighted by Crippen LogP contribution is -2.24. The van der Waals surface area contributed by atoms with E-state index in [1.165, 1.54) is 31.7 Å². The number of carbonyl (C=O) groups is 2. The van der Waals surface area contributed by atoms with Gasteiger partial charge in [-0.15, -0.1) is 0 Å². The number of carbonyl (C=O) groups excluding carboxylic acids is 2. The van der Waals surface area contributed by atoms with Gasteiger partial charge in [0.1, 0.15) is 17.4 Å². The molecule has 0 aromatic heterocycles. The summed E-state index contributed by atoms with van der Waals surface area (Å²) in [5.74, 6) is -0.871. The second kappa shape index (κ2) is 6.97. The van der Waals surface area contributed by atoms with Crippen molar-refractivity contribution in [1.82, 2.24) is 0 Å². The van der Waals surface area contributed by atoms with Gasteiger partial charge in [0.15, 0.2) is 0 Å². The van der Waals surface area contributed by atoms with Crippen LogP contribution in [0.3, 0.4) is 0 Å². The molecule has 114 valence electrons. The highest BCUT2D eigenvalue weighted by molar-refractivity contribution is 5.95. The molecule has 0 bridgehead atoms. The third-order valence-electron chi connectivity index (χ3n) is 3.47. The van der Waals surface area contributed by atoms with Gasteiger partial charge in [0.25, 0.3) is 0 Å². The summed E-state index contributed by atoms with van der Waals surface area (Å²) >= 11 is 0. The minimum absolute atomic E-state index is 0.00651. The van der Waals surface area contributed by atoms with Gasteiger partial charge in [0.05, 0.1) is 7.11 Å². The van der Waals surface area contributed by atoms with E-state index < -0.39 is 12.1 Å². The van der Waals surface area contributed by atoms with Crippen molar-refractivity contribution in [3.05, 3.63) is 23.8 Å². The molecule has 2 rings (SSSR count). The van der Waals surface area contributed by atoms with Crippen LogP contribution in [0.4, 0.5) is 10.5 Å². The van der Waals surface area contributed by atoms with Crippen LogP contribution in [-0.2, 0) is 9.47 Å². The smallest absolute Gasteiger partial charge is 0.411 e. The summed E-state index contributed by atoms with van der Waals surface area (Å²) in [6.45, 7) is 0. The fourth-order valence-electron chi connectivity index (χ4n) is 2.37. The highest BCUT2D eigenvalue weighted by atomic mass is 16.6. The number of hydrogen-bond donors (Lipinski definition) is 2. The van der Waals surface area contributed by atoms with Crippen LogP contribution < -0.4 is 5.32 Å². The second-order valence-electron chi connectivity index (χ2n) is 5.01.